The molecule has 0 unspecified atom stereocenters. The molecule has 0 bridgehead atoms. The van der Waals surface area contributed by atoms with Crippen molar-refractivity contribution in [2.45, 2.75) is 13.3 Å². The van der Waals surface area contributed by atoms with Crippen molar-refractivity contribution in [1.29, 1.82) is 0 Å². The fraction of sp³-hybridized carbons (Fsp3) is 0.429. The van der Waals surface area contributed by atoms with Crippen LogP contribution >= 0.6 is 15.9 Å². The van der Waals surface area contributed by atoms with Crippen LogP contribution in [0.1, 0.15) is 18.9 Å². The van der Waals surface area contributed by atoms with Gasteiger partial charge in [0.15, 0.2) is 11.5 Å². The van der Waals surface area contributed by atoms with Crippen LogP contribution in [0.2, 0.25) is 0 Å². The predicted octanol–water partition coefficient (Wildman–Crippen LogP) is 3.90. The van der Waals surface area contributed by atoms with Gasteiger partial charge in [-0.15, -0.1) is 0 Å². The summed E-state index contributed by atoms with van der Waals surface area (Å²) in [6.07, 6.45) is 3.13. The van der Waals surface area contributed by atoms with E-state index in [1.165, 1.54) is 5.57 Å². The van der Waals surface area contributed by atoms with Gasteiger partial charge in [-0.1, -0.05) is 34.5 Å². The second-order valence-corrected chi connectivity index (χ2v) is 4.31. The molecule has 4 heteroatoms. The molecular formula is C14H19BrO3. The minimum atomic E-state index is 0.619. The molecule has 0 aliphatic carbocycles. The Labute approximate surface area is 117 Å². The van der Waals surface area contributed by atoms with E-state index in [4.69, 9.17) is 14.2 Å². The zero-order valence-corrected chi connectivity index (χ0v) is 12.8. The molecule has 0 heterocycles. The molecule has 0 atom stereocenters. The van der Waals surface area contributed by atoms with E-state index in [1.807, 2.05) is 12.1 Å². The van der Waals surface area contributed by atoms with E-state index in [0.717, 1.165) is 17.3 Å². The van der Waals surface area contributed by atoms with Crippen LogP contribution in [-0.2, 0) is 0 Å². The molecule has 0 radical (unpaired) electrons. The molecule has 0 saturated heterocycles. The maximum Gasteiger partial charge on any atom is 0.203 e. The zero-order chi connectivity index (χ0) is 13.5. The van der Waals surface area contributed by atoms with Gasteiger partial charge in [0, 0.05) is 5.33 Å². The summed E-state index contributed by atoms with van der Waals surface area (Å²) in [7, 11) is 4.85. The van der Waals surface area contributed by atoms with Crippen LogP contribution in [0, 0.1) is 0 Å². The van der Waals surface area contributed by atoms with Crippen molar-refractivity contribution >= 4 is 22.0 Å². The maximum atomic E-state index is 5.32. The molecule has 0 aromatic heterocycles. The Morgan fingerprint density at radius 3 is 2.00 bits per heavy atom. The van der Waals surface area contributed by atoms with Gasteiger partial charge in [-0.2, -0.15) is 0 Å². The smallest absolute Gasteiger partial charge is 0.203 e. The maximum absolute atomic E-state index is 5.32. The van der Waals surface area contributed by atoms with Gasteiger partial charge in [0.25, 0.3) is 0 Å². The van der Waals surface area contributed by atoms with Crippen LogP contribution < -0.4 is 14.2 Å². The van der Waals surface area contributed by atoms with Gasteiger partial charge in [-0.05, 0) is 24.1 Å². The summed E-state index contributed by atoms with van der Waals surface area (Å²) in [5, 5.41) is 0.861. The van der Waals surface area contributed by atoms with Crippen LogP contribution in [0.5, 0.6) is 17.2 Å². The summed E-state index contributed by atoms with van der Waals surface area (Å²) in [4.78, 5) is 0. The first-order chi connectivity index (χ1) is 8.69. The average molecular weight is 315 g/mol. The first-order valence-corrected chi connectivity index (χ1v) is 6.87. The highest BCUT2D eigenvalue weighted by molar-refractivity contribution is 9.09. The van der Waals surface area contributed by atoms with Crippen LogP contribution in [0.3, 0.4) is 0 Å². The number of alkyl halides is 1. The van der Waals surface area contributed by atoms with Crippen molar-refractivity contribution in [3.8, 4) is 17.2 Å². The SMILES string of the molecule is CCC(=Cc1cc(OC)c(OC)c(OC)c1)CBr. The van der Waals surface area contributed by atoms with Gasteiger partial charge in [0.05, 0.1) is 21.3 Å². The van der Waals surface area contributed by atoms with Crippen LogP contribution in [-0.4, -0.2) is 26.7 Å². The number of halogens is 1. The molecule has 1 aromatic rings. The van der Waals surface area contributed by atoms with E-state index in [-0.39, 0.29) is 0 Å². The lowest BCUT2D eigenvalue weighted by Gasteiger charge is -2.13. The quantitative estimate of drug-likeness (QED) is 0.745. The van der Waals surface area contributed by atoms with Crippen molar-refractivity contribution in [2.75, 3.05) is 26.7 Å². The third kappa shape index (κ3) is 3.42. The van der Waals surface area contributed by atoms with Crippen LogP contribution in [0.4, 0.5) is 0 Å². The largest absolute Gasteiger partial charge is 0.493 e. The lowest BCUT2D eigenvalue weighted by Crippen LogP contribution is -1.96. The van der Waals surface area contributed by atoms with E-state index >= 15 is 0 Å². The van der Waals surface area contributed by atoms with Crippen LogP contribution in [0.15, 0.2) is 17.7 Å². The molecule has 0 amide bonds. The predicted molar refractivity (Wildman–Crippen MR) is 78.2 cm³/mol. The molecule has 0 aliphatic heterocycles. The number of rotatable bonds is 6. The molecule has 0 spiro atoms. The van der Waals surface area contributed by atoms with Gasteiger partial charge in [0.2, 0.25) is 5.75 Å². The Bertz CT molecular complexity index is 396. The topological polar surface area (TPSA) is 27.7 Å². The lowest BCUT2D eigenvalue weighted by atomic mass is 10.1. The summed E-state index contributed by atoms with van der Waals surface area (Å²) in [6, 6.07) is 3.89. The standard InChI is InChI=1S/C14H19BrO3/c1-5-10(9-15)6-11-7-12(16-2)14(18-4)13(8-11)17-3/h6-8H,5,9H2,1-4H3. The number of hydrogen-bond donors (Lipinski definition) is 0. The monoisotopic (exact) mass is 314 g/mol. The van der Waals surface area contributed by atoms with E-state index in [2.05, 4.69) is 28.9 Å². The van der Waals surface area contributed by atoms with E-state index in [9.17, 15) is 0 Å². The molecule has 0 fully saturated rings. The van der Waals surface area contributed by atoms with Crippen molar-refractivity contribution < 1.29 is 14.2 Å². The van der Waals surface area contributed by atoms with Gasteiger partial charge in [0.1, 0.15) is 0 Å². The zero-order valence-electron chi connectivity index (χ0n) is 11.2. The molecular weight excluding hydrogens is 296 g/mol. The highest BCUT2D eigenvalue weighted by Gasteiger charge is 2.12. The molecule has 1 aromatic carbocycles. The Hall–Kier alpha value is -1.16. The lowest BCUT2D eigenvalue weighted by molar-refractivity contribution is 0.324. The van der Waals surface area contributed by atoms with Gasteiger partial charge in [-0.3, -0.25) is 0 Å². The van der Waals surface area contributed by atoms with Crippen molar-refractivity contribution in [2.24, 2.45) is 0 Å². The highest BCUT2D eigenvalue weighted by Crippen LogP contribution is 2.38. The third-order valence-corrected chi connectivity index (χ3v) is 3.40. The molecule has 0 saturated carbocycles. The second kappa shape index (κ2) is 7.31. The minimum absolute atomic E-state index is 0.619. The van der Waals surface area contributed by atoms with Gasteiger partial charge in [-0.25, -0.2) is 0 Å². The number of allylic oxidation sites excluding steroid dienone is 1. The van der Waals surface area contributed by atoms with E-state index < -0.39 is 0 Å². The molecule has 0 aliphatic rings. The fourth-order valence-electron chi connectivity index (χ4n) is 1.66. The van der Waals surface area contributed by atoms with Gasteiger partial charge < -0.3 is 14.2 Å². The first-order valence-electron chi connectivity index (χ1n) is 5.75. The number of ether oxygens (including phenoxy) is 3. The average Bonchev–Trinajstić information content (AvgIpc) is 2.43. The Morgan fingerprint density at radius 2 is 1.67 bits per heavy atom. The summed E-state index contributed by atoms with van der Waals surface area (Å²) < 4.78 is 15.9. The fourth-order valence-corrected chi connectivity index (χ4v) is 2.21. The number of methoxy groups -OCH3 is 3. The second-order valence-electron chi connectivity index (χ2n) is 3.75. The highest BCUT2D eigenvalue weighted by atomic mass is 79.9. The van der Waals surface area contributed by atoms with E-state index in [0.29, 0.717) is 17.2 Å². The summed E-state index contributed by atoms with van der Waals surface area (Å²) in [5.41, 5.74) is 2.35. The molecule has 3 nitrogen and oxygen atoms in total. The summed E-state index contributed by atoms with van der Waals surface area (Å²) >= 11 is 3.48. The Kier molecular flexibility index (Phi) is 6.05. The summed E-state index contributed by atoms with van der Waals surface area (Å²) in [5.74, 6) is 1.97. The first kappa shape index (κ1) is 14.9. The Morgan fingerprint density at radius 1 is 1.11 bits per heavy atom. The summed E-state index contributed by atoms with van der Waals surface area (Å²) in [6.45, 7) is 2.13. The van der Waals surface area contributed by atoms with Crippen molar-refractivity contribution in [3.05, 3.63) is 23.3 Å². The van der Waals surface area contributed by atoms with Crippen molar-refractivity contribution in [1.82, 2.24) is 0 Å². The molecule has 0 N–H and O–H groups in total. The number of benzene rings is 1. The van der Waals surface area contributed by atoms with Crippen LogP contribution in [0.25, 0.3) is 6.08 Å². The Balaban J connectivity index is 3.27. The van der Waals surface area contributed by atoms with Gasteiger partial charge >= 0.3 is 0 Å². The van der Waals surface area contributed by atoms with E-state index in [1.54, 1.807) is 21.3 Å². The normalized spacial score (nSPS) is 11.3. The molecule has 1 rings (SSSR count). The minimum Gasteiger partial charge on any atom is -0.493 e. The van der Waals surface area contributed by atoms with Crippen molar-refractivity contribution in [3.63, 3.8) is 0 Å². The third-order valence-electron chi connectivity index (χ3n) is 2.68. The molecule has 18 heavy (non-hydrogen) atoms. The molecule has 100 valence electrons. The number of hydrogen-bond acceptors (Lipinski definition) is 3.